The van der Waals surface area contributed by atoms with Gasteiger partial charge in [-0.15, -0.1) is 0 Å². The van der Waals surface area contributed by atoms with Crippen molar-refractivity contribution in [3.05, 3.63) is 63.0 Å². The summed E-state index contributed by atoms with van der Waals surface area (Å²) in [7, 11) is 2.99. The second-order valence-corrected chi connectivity index (χ2v) is 10.8. The number of aryl methyl sites for hydroxylation is 2. The molecule has 0 radical (unpaired) electrons. The van der Waals surface area contributed by atoms with Gasteiger partial charge in [0.25, 0.3) is 5.91 Å². The van der Waals surface area contributed by atoms with Gasteiger partial charge in [-0.05, 0) is 61.9 Å². The third-order valence-electron chi connectivity index (χ3n) is 7.74. The number of unbranched alkanes of at least 4 members (excludes halogenated alkanes) is 1. The van der Waals surface area contributed by atoms with Crippen LogP contribution < -0.4 is 25.2 Å². The minimum atomic E-state index is -4.72. The van der Waals surface area contributed by atoms with Crippen LogP contribution in [0.2, 0.25) is 0 Å². The van der Waals surface area contributed by atoms with Crippen molar-refractivity contribution in [2.24, 2.45) is 0 Å². The van der Waals surface area contributed by atoms with Crippen molar-refractivity contribution in [2.75, 3.05) is 27.4 Å². The number of nitrogens with one attached hydrogen (secondary N) is 1. The predicted molar refractivity (Wildman–Crippen MR) is 157 cm³/mol. The summed E-state index contributed by atoms with van der Waals surface area (Å²) in [5, 5.41) is 2.62. The number of benzene rings is 2. The zero-order valence-electron chi connectivity index (χ0n) is 25.5. The van der Waals surface area contributed by atoms with Crippen molar-refractivity contribution in [1.82, 2.24) is 10.2 Å². The first-order chi connectivity index (χ1) is 20.9. The standard InChI is InChI=1S/C32H37F3N2O7/c1-6-10-19-16-22-23(32(33,34)35)18-26(38)44-28(22)21(11-7-2)27(19)43-15-9-8-14-37-29(39)31(3,36-30(37)40)20-12-13-24(41-4)25(17-20)42-5/h12-13,16-18H,6-11,14-15H2,1-5H3,(H,36,40). The summed E-state index contributed by atoms with van der Waals surface area (Å²) in [5.74, 6) is 0.930. The van der Waals surface area contributed by atoms with E-state index in [0.29, 0.717) is 78.5 Å². The fourth-order valence-corrected chi connectivity index (χ4v) is 5.54. The molecule has 1 N–H and O–H groups in total. The third kappa shape index (κ3) is 6.34. The summed E-state index contributed by atoms with van der Waals surface area (Å²) in [5.41, 5.74) is -1.94. The molecule has 238 valence electrons. The molecule has 1 aromatic heterocycles. The van der Waals surface area contributed by atoms with E-state index in [1.807, 2.05) is 13.8 Å². The molecule has 2 aromatic carbocycles. The molecule has 0 bridgehead atoms. The van der Waals surface area contributed by atoms with Gasteiger partial charge < -0.3 is 23.9 Å². The molecular formula is C32H37F3N2O7. The summed E-state index contributed by atoms with van der Waals surface area (Å²) in [6.07, 6.45) is -1.78. The molecule has 9 nitrogen and oxygen atoms in total. The molecule has 1 unspecified atom stereocenters. The van der Waals surface area contributed by atoms with Crippen LogP contribution >= 0.6 is 0 Å². The Morgan fingerprint density at radius 2 is 1.66 bits per heavy atom. The van der Waals surface area contributed by atoms with Crippen LogP contribution in [0.1, 0.15) is 68.7 Å². The van der Waals surface area contributed by atoms with E-state index in [9.17, 15) is 27.6 Å². The summed E-state index contributed by atoms with van der Waals surface area (Å²) in [4.78, 5) is 39.5. The largest absolute Gasteiger partial charge is 0.493 e. The van der Waals surface area contributed by atoms with E-state index in [4.69, 9.17) is 18.6 Å². The summed E-state index contributed by atoms with van der Waals surface area (Å²) < 4.78 is 63.6. The van der Waals surface area contributed by atoms with Crippen LogP contribution in [0.15, 0.2) is 39.5 Å². The molecule has 1 fully saturated rings. The lowest BCUT2D eigenvalue weighted by atomic mass is 9.91. The van der Waals surface area contributed by atoms with Gasteiger partial charge in [0.05, 0.1) is 26.4 Å². The number of hydrogen-bond donors (Lipinski definition) is 1. The van der Waals surface area contributed by atoms with Crippen LogP contribution in [0, 0.1) is 0 Å². The summed E-state index contributed by atoms with van der Waals surface area (Å²) in [6, 6.07) is 6.39. The average molecular weight is 619 g/mol. The van der Waals surface area contributed by atoms with E-state index in [2.05, 4.69) is 5.32 Å². The fraction of sp³-hybridized carbons (Fsp3) is 0.469. The van der Waals surface area contributed by atoms with Crippen molar-refractivity contribution < 1.29 is 41.4 Å². The number of methoxy groups -OCH3 is 2. The lowest BCUT2D eigenvalue weighted by Crippen LogP contribution is -2.41. The molecule has 12 heteroatoms. The second-order valence-electron chi connectivity index (χ2n) is 10.8. The van der Waals surface area contributed by atoms with Crippen LogP contribution in [0.5, 0.6) is 17.2 Å². The fourth-order valence-electron chi connectivity index (χ4n) is 5.54. The normalized spacial score (nSPS) is 16.9. The number of rotatable bonds is 13. The first-order valence-electron chi connectivity index (χ1n) is 14.6. The number of carbonyl (C=O) groups is 2. The number of hydrogen-bond acceptors (Lipinski definition) is 7. The van der Waals surface area contributed by atoms with Crippen LogP contribution in [-0.2, 0) is 29.4 Å². The Hall–Kier alpha value is -4.22. The Morgan fingerprint density at radius 3 is 2.30 bits per heavy atom. The molecule has 44 heavy (non-hydrogen) atoms. The Morgan fingerprint density at radius 1 is 0.955 bits per heavy atom. The molecule has 0 spiro atoms. The molecule has 1 aliphatic heterocycles. The molecule has 0 saturated carbocycles. The number of halogens is 3. The van der Waals surface area contributed by atoms with Gasteiger partial charge in [-0.25, -0.2) is 9.59 Å². The highest BCUT2D eigenvalue weighted by Gasteiger charge is 2.49. The maximum absolute atomic E-state index is 13.8. The van der Waals surface area contributed by atoms with Crippen LogP contribution in [-0.4, -0.2) is 44.2 Å². The minimum absolute atomic E-state index is 0.115. The van der Waals surface area contributed by atoms with Crippen molar-refractivity contribution in [3.8, 4) is 17.2 Å². The van der Waals surface area contributed by atoms with Crippen molar-refractivity contribution in [2.45, 2.75) is 71.0 Å². The van der Waals surface area contributed by atoms with Crippen molar-refractivity contribution >= 4 is 22.9 Å². The van der Waals surface area contributed by atoms with Crippen LogP contribution in [0.25, 0.3) is 11.0 Å². The predicted octanol–water partition coefficient (Wildman–Crippen LogP) is 6.36. The Bertz CT molecular complexity index is 1600. The number of nitrogens with zero attached hydrogens (tertiary/aromatic N) is 1. The Kier molecular flexibility index (Phi) is 9.80. The van der Waals surface area contributed by atoms with Gasteiger partial charge in [-0.2, -0.15) is 13.2 Å². The first kappa shape index (κ1) is 32.7. The maximum Gasteiger partial charge on any atom is 0.417 e. The van der Waals surface area contributed by atoms with Crippen LogP contribution in [0.3, 0.4) is 0 Å². The first-order valence-corrected chi connectivity index (χ1v) is 14.6. The molecule has 2 heterocycles. The van der Waals surface area contributed by atoms with E-state index in [0.717, 1.165) is 4.90 Å². The van der Waals surface area contributed by atoms with E-state index in [1.165, 1.54) is 20.3 Å². The number of urea groups is 1. The number of ether oxygens (including phenoxy) is 3. The monoisotopic (exact) mass is 618 g/mol. The topological polar surface area (TPSA) is 107 Å². The number of carbonyl (C=O) groups excluding carboxylic acids is 2. The average Bonchev–Trinajstić information content (AvgIpc) is 3.20. The Balaban J connectivity index is 1.50. The van der Waals surface area contributed by atoms with Crippen molar-refractivity contribution in [1.29, 1.82) is 0 Å². The van der Waals surface area contributed by atoms with E-state index in [1.54, 1.807) is 25.1 Å². The minimum Gasteiger partial charge on any atom is -0.493 e. The molecule has 0 aliphatic carbocycles. The van der Waals surface area contributed by atoms with Crippen molar-refractivity contribution in [3.63, 3.8) is 0 Å². The van der Waals surface area contributed by atoms with Gasteiger partial charge in [0, 0.05) is 23.6 Å². The Labute approximate surface area is 253 Å². The summed E-state index contributed by atoms with van der Waals surface area (Å²) in [6.45, 7) is 5.74. The zero-order valence-corrected chi connectivity index (χ0v) is 25.5. The van der Waals surface area contributed by atoms with E-state index < -0.39 is 34.8 Å². The van der Waals surface area contributed by atoms with Gasteiger partial charge in [0.1, 0.15) is 16.9 Å². The number of imide groups is 1. The number of fused-ring (bicyclic) bond motifs is 1. The summed E-state index contributed by atoms with van der Waals surface area (Å²) >= 11 is 0. The molecule has 1 aliphatic rings. The smallest absolute Gasteiger partial charge is 0.417 e. The van der Waals surface area contributed by atoms with Gasteiger partial charge in [-0.3, -0.25) is 9.69 Å². The lowest BCUT2D eigenvalue weighted by molar-refractivity contribution is -0.136. The number of amides is 3. The highest BCUT2D eigenvalue weighted by atomic mass is 19.4. The van der Waals surface area contributed by atoms with Gasteiger partial charge in [-0.1, -0.05) is 32.8 Å². The zero-order chi connectivity index (χ0) is 32.2. The second kappa shape index (κ2) is 13.2. The lowest BCUT2D eigenvalue weighted by Gasteiger charge is -2.23. The van der Waals surface area contributed by atoms with E-state index >= 15 is 0 Å². The highest BCUT2D eigenvalue weighted by molar-refractivity contribution is 6.07. The quantitative estimate of drug-likeness (QED) is 0.135. The maximum atomic E-state index is 13.8. The SMILES string of the molecule is CCCc1cc2c(C(F)(F)F)cc(=O)oc2c(CCC)c1OCCCCN1C(=O)NC(C)(c2ccc(OC)c(OC)c2)C1=O. The highest BCUT2D eigenvalue weighted by Crippen LogP contribution is 2.40. The van der Waals surface area contributed by atoms with Gasteiger partial charge in [0.2, 0.25) is 0 Å². The van der Waals surface area contributed by atoms with E-state index in [-0.39, 0.29) is 24.1 Å². The van der Waals surface area contributed by atoms with Gasteiger partial charge >= 0.3 is 17.8 Å². The molecule has 4 rings (SSSR count). The molecule has 3 amide bonds. The molecular weight excluding hydrogens is 581 g/mol. The molecule has 1 saturated heterocycles. The molecule has 3 aromatic rings. The van der Waals surface area contributed by atoms with Gasteiger partial charge in [0.15, 0.2) is 11.5 Å². The molecule has 1 atom stereocenters. The third-order valence-corrected chi connectivity index (χ3v) is 7.74. The number of alkyl halides is 3. The van der Waals surface area contributed by atoms with Crippen LogP contribution in [0.4, 0.5) is 18.0 Å².